The van der Waals surface area contributed by atoms with Gasteiger partial charge >= 0.3 is 4.87 Å². The molecule has 3 aromatic rings. The van der Waals surface area contributed by atoms with Crippen LogP contribution >= 0.6 is 11.3 Å². The number of fused-ring (bicyclic) bond motifs is 1. The molecule has 0 atom stereocenters. The molecule has 148 valence electrons. The minimum atomic E-state index is -3.56. The Morgan fingerprint density at radius 1 is 1.00 bits per heavy atom. The minimum absolute atomic E-state index is 0.0541. The van der Waals surface area contributed by atoms with Gasteiger partial charge in [-0.2, -0.15) is 4.31 Å². The molecule has 0 spiro atoms. The number of thiazole rings is 1. The van der Waals surface area contributed by atoms with Crippen molar-refractivity contribution >= 4 is 31.6 Å². The summed E-state index contributed by atoms with van der Waals surface area (Å²) in [4.78, 5) is 14.5. The van der Waals surface area contributed by atoms with Crippen LogP contribution in [0.3, 0.4) is 0 Å². The summed E-state index contributed by atoms with van der Waals surface area (Å²) in [6, 6.07) is 15.2. The lowest BCUT2D eigenvalue weighted by atomic mass is 10.2. The van der Waals surface area contributed by atoms with E-state index in [0.717, 1.165) is 28.1 Å². The van der Waals surface area contributed by atoms with E-state index in [0.29, 0.717) is 32.7 Å². The van der Waals surface area contributed by atoms with Gasteiger partial charge in [0.1, 0.15) is 0 Å². The molecule has 2 aromatic carbocycles. The van der Waals surface area contributed by atoms with E-state index in [1.54, 1.807) is 27.1 Å². The van der Waals surface area contributed by atoms with E-state index in [1.807, 2.05) is 25.1 Å². The second-order valence-electron chi connectivity index (χ2n) is 6.91. The van der Waals surface area contributed by atoms with Gasteiger partial charge in [-0.15, -0.1) is 0 Å². The van der Waals surface area contributed by atoms with E-state index < -0.39 is 10.0 Å². The summed E-state index contributed by atoms with van der Waals surface area (Å²) in [5, 5.41) is 0. The van der Waals surface area contributed by atoms with Gasteiger partial charge < -0.3 is 0 Å². The van der Waals surface area contributed by atoms with Crippen molar-refractivity contribution in [2.45, 2.75) is 24.9 Å². The van der Waals surface area contributed by atoms with Crippen LogP contribution in [0.25, 0.3) is 10.2 Å². The van der Waals surface area contributed by atoms with Crippen LogP contribution in [-0.2, 0) is 23.1 Å². The number of nitrogens with zero attached hydrogens (tertiary/aromatic N) is 3. The molecule has 0 amide bonds. The number of hydrogen-bond donors (Lipinski definition) is 0. The lowest BCUT2D eigenvalue weighted by Crippen LogP contribution is -2.48. The van der Waals surface area contributed by atoms with Crippen LogP contribution in [-0.4, -0.2) is 48.4 Å². The maximum absolute atomic E-state index is 13.1. The van der Waals surface area contributed by atoms with Crippen molar-refractivity contribution in [3.8, 4) is 0 Å². The highest BCUT2D eigenvalue weighted by atomic mass is 32.2. The fraction of sp³-hybridized carbons (Fsp3) is 0.350. The SMILES string of the molecule is CCn1c(=O)sc2cc(S(=O)(=O)N3CCN(Cc4ccccc4)CC3)ccc21. The van der Waals surface area contributed by atoms with E-state index >= 15 is 0 Å². The van der Waals surface area contributed by atoms with Gasteiger partial charge in [-0.05, 0) is 30.7 Å². The van der Waals surface area contributed by atoms with Crippen LogP contribution in [0, 0.1) is 0 Å². The molecule has 6 nitrogen and oxygen atoms in total. The number of piperazine rings is 1. The Kier molecular flexibility index (Phi) is 5.37. The quantitative estimate of drug-likeness (QED) is 0.640. The predicted molar refractivity (Wildman–Crippen MR) is 112 cm³/mol. The third-order valence-electron chi connectivity index (χ3n) is 5.17. The van der Waals surface area contributed by atoms with Gasteiger partial charge in [-0.25, -0.2) is 8.42 Å². The number of aromatic nitrogens is 1. The minimum Gasteiger partial charge on any atom is -0.299 e. The Morgan fingerprint density at radius 3 is 2.39 bits per heavy atom. The molecule has 0 radical (unpaired) electrons. The van der Waals surface area contributed by atoms with E-state index in [1.165, 1.54) is 5.56 Å². The van der Waals surface area contributed by atoms with Gasteiger partial charge in [0.25, 0.3) is 0 Å². The third kappa shape index (κ3) is 3.65. The van der Waals surface area contributed by atoms with Crippen LogP contribution in [0.4, 0.5) is 0 Å². The standard InChI is InChI=1S/C20H23N3O3S2/c1-2-23-18-9-8-17(14-19(18)27-20(23)24)28(25,26)22-12-10-21(11-13-22)15-16-6-4-3-5-7-16/h3-9,14H,2,10-13,15H2,1H3. The van der Waals surface area contributed by atoms with Crippen molar-refractivity contribution in [2.75, 3.05) is 26.2 Å². The summed E-state index contributed by atoms with van der Waals surface area (Å²) in [6.45, 7) is 5.67. The molecule has 0 bridgehead atoms. The highest BCUT2D eigenvalue weighted by molar-refractivity contribution is 7.89. The molecule has 0 saturated carbocycles. The Balaban J connectivity index is 1.50. The van der Waals surface area contributed by atoms with Crippen LogP contribution in [0.2, 0.25) is 0 Å². The zero-order chi connectivity index (χ0) is 19.7. The van der Waals surface area contributed by atoms with Crippen LogP contribution < -0.4 is 4.87 Å². The van der Waals surface area contributed by atoms with E-state index in [-0.39, 0.29) is 9.77 Å². The molecule has 8 heteroatoms. The van der Waals surface area contributed by atoms with Crippen LogP contribution in [0.5, 0.6) is 0 Å². The Hall–Kier alpha value is -2.00. The lowest BCUT2D eigenvalue weighted by Gasteiger charge is -2.34. The van der Waals surface area contributed by atoms with Gasteiger partial charge in [0, 0.05) is 39.3 Å². The number of benzene rings is 2. The monoisotopic (exact) mass is 417 g/mol. The summed E-state index contributed by atoms with van der Waals surface area (Å²) in [6.07, 6.45) is 0. The molecular formula is C20H23N3O3S2. The Bertz CT molecular complexity index is 1130. The molecule has 1 fully saturated rings. The lowest BCUT2D eigenvalue weighted by molar-refractivity contribution is 0.181. The van der Waals surface area contributed by atoms with Crippen molar-refractivity contribution in [3.05, 3.63) is 63.8 Å². The average molecular weight is 418 g/mol. The zero-order valence-corrected chi connectivity index (χ0v) is 17.4. The van der Waals surface area contributed by atoms with Crippen LogP contribution in [0.15, 0.2) is 58.2 Å². The summed E-state index contributed by atoms with van der Waals surface area (Å²) in [5.74, 6) is 0. The van der Waals surface area contributed by atoms with Crippen molar-refractivity contribution in [3.63, 3.8) is 0 Å². The second-order valence-corrected chi connectivity index (χ2v) is 9.84. The van der Waals surface area contributed by atoms with Crippen molar-refractivity contribution in [1.82, 2.24) is 13.8 Å². The van der Waals surface area contributed by atoms with Gasteiger partial charge in [-0.3, -0.25) is 14.3 Å². The molecule has 28 heavy (non-hydrogen) atoms. The Morgan fingerprint density at radius 2 is 1.71 bits per heavy atom. The molecule has 2 heterocycles. The summed E-state index contributed by atoms with van der Waals surface area (Å²) >= 11 is 1.10. The third-order valence-corrected chi connectivity index (χ3v) is 8.01. The fourth-order valence-electron chi connectivity index (χ4n) is 3.63. The highest BCUT2D eigenvalue weighted by Crippen LogP contribution is 2.25. The zero-order valence-electron chi connectivity index (χ0n) is 15.7. The van der Waals surface area contributed by atoms with Gasteiger partial charge in [0.15, 0.2) is 0 Å². The highest BCUT2D eigenvalue weighted by Gasteiger charge is 2.29. The molecule has 0 unspecified atom stereocenters. The van der Waals surface area contributed by atoms with Crippen molar-refractivity contribution in [1.29, 1.82) is 0 Å². The van der Waals surface area contributed by atoms with Gasteiger partial charge in [0.2, 0.25) is 10.0 Å². The van der Waals surface area contributed by atoms with E-state index in [9.17, 15) is 13.2 Å². The van der Waals surface area contributed by atoms with Crippen molar-refractivity contribution < 1.29 is 8.42 Å². The maximum Gasteiger partial charge on any atom is 0.308 e. The first-order valence-corrected chi connectivity index (χ1v) is 11.6. The van der Waals surface area contributed by atoms with E-state index in [4.69, 9.17) is 0 Å². The molecule has 0 aliphatic carbocycles. The maximum atomic E-state index is 13.1. The topological polar surface area (TPSA) is 62.6 Å². The smallest absolute Gasteiger partial charge is 0.299 e. The largest absolute Gasteiger partial charge is 0.308 e. The van der Waals surface area contributed by atoms with Gasteiger partial charge in [-0.1, -0.05) is 41.7 Å². The number of hydrogen-bond acceptors (Lipinski definition) is 5. The van der Waals surface area contributed by atoms with E-state index in [2.05, 4.69) is 17.0 Å². The summed E-state index contributed by atoms with van der Waals surface area (Å²) in [7, 11) is -3.56. The van der Waals surface area contributed by atoms with Gasteiger partial charge in [0.05, 0.1) is 15.1 Å². The number of sulfonamides is 1. The normalized spacial score (nSPS) is 16.6. The Labute approximate surface area is 168 Å². The molecule has 1 saturated heterocycles. The molecular weight excluding hydrogens is 394 g/mol. The summed E-state index contributed by atoms with van der Waals surface area (Å²) in [5.41, 5.74) is 2.03. The first-order chi connectivity index (χ1) is 13.5. The first kappa shape index (κ1) is 19.3. The van der Waals surface area contributed by atoms with Crippen molar-refractivity contribution in [2.24, 2.45) is 0 Å². The summed E-state index contributed by atoms with van der Waals surface area (Å²) < 4.78 is 30.1. The molecule has 1 aliphatic rings. The number of rotatable bonds is 5. The average Bonchev–Trinajstić information content (AvgIpc) is 3.03. The molecule has 1 aliphatic heterocycles. The molecule has 1 aromatic heterocycles. The van der Waals surface area contributed by atoms with Crippen LogP contribution in [0.1, 0.15) is 12.5 Å². The molecule has 4 rings (SSSR count). The first-order valence-electron chi connectivity index (χ1n) is 9.39. The second kappa shape index (κ2) is 7.79. The fourth-order valence-corrected chi connectivity index (χ4v) is 6.14. The molecule has 0 N–H and O–H groups in total. The predicted octanol–water partition coefficient (Wildman–Crippen LogP) is 2.59. The number of aryl methyl sites for hydroxylation is 1.